The molecule has 25 heavy (non-hydrogen) atoms. The average Bonchev–Trinajstić information content (AvgIpc) is 3.00. The number of aryl methyl sites for hydroxylation is 1. The predicted octanol–water partition coefficient (Wildman–Crippen LogP) is 2.32. The minimum atomic E-state index is -0.0191. The molecular weight excluding hydrogens is 316 g/mol. The van der Waals surface area contributed by atoms with Crippen LogP contribution in [0.4, 0.5) is 5.69 Å². The molecule has 2 aromatic rings. The number of amides is 2. The van der Waals surface area contributed by atoms with Gasteiger partial charge in [-0.1, -0.05) is 18.9 Å². The van der Waals surface area contributed by atoms with Crippen molar-refractivity contribution in [1.29, 1.82) is 0 Å². The lowest BCUT2D eigenvalue weighted by Gasteiger charge is -2.40. The second-order valence-electron chi connectivity index (χ2n) is 7.21. The Labute approximate surface area is 146 Å². The lowest BCUT2D eigenvalue weighted by atomic mass is 9.73. The van der Waals surface area contributed by atoms with E-state index in [9.17, 15) is 9.59 Å². The Bertz CT molecular complexity index is 813. The fraction of sp³-hybridized carbons (Fsp3) is 0.474. The van der Waals surface area contributed by atoms with Crippen LogP contribution in [0.3, 0.4) is 0 Å². The molecule has 1 aromatic heterocycles. The largest absolute Gasteiger partial charge is 0.350 e. The van der Waals surface area contributed by atoms with Gasteiger partial charge >= 0.3 is 0 Å². The topological polar surface area (TPSA) is 75.2 Å². The standard InChI is InChI=1S/C19H24N4O2/c1-23-10-9-14-15(7-4-8-17(14)23)20-18(24)11-16-12-5-2-3-6-13(12)19(25)22-21-16/h4,7-10,12-13,16,21H,2-3,5-6,11H2,1H3,(H,20,24)(H,22,25). The number of rotatable bonds is 3. The molecule has 6 nitrogen and oxygen atoms in total. The molecule has 3 N–H and O–H groups in total. The van der Waals surface area contributed by atoms with Crippen molar-refractivity contribution >= 4 is 28.4 Å². The molecule has 1 saturated carbocycles. The summed E-state index contributed by atoms with van der Waals surface area (Å²) in [6.07, 6.45) is 6.54. The van der Waals surface area contributed by atoms with Gasteiger partial charge in [0.25, 0.3) is 0 Å². The Hall–Kier alpha value is -2.34. The van der Waals surface area contributed by atoms with E-state index in [4.69, 9.17) is 0 Å². The summed E-state index contributed by atoms with van der Waals surface area (Å²) in [6.45, 7) is 0. The minimum Gasteiger partial charge on any atom is -0.350 e. The number of hydrogen-bond acceptors (Lipinski definition) is 3. The number of aromatic nitrogens is 1. The predicted molar refractivity (Wildman–Crippen MR) is 96.7 cm³/mol. The number of carbonyl (C=O) groups is 2. The van der Waals surface area contributed by atoms with Crippen LogP contribution in [0, 0.1) is 11.8 Å². The van der Waals surface area contributed by atoms with Gasteiger partial charge in [-0.05, 0) is 37.0 Å². The first-order chi connectivity index (χ1) is 12.1. The monoisotopic (exact) mass is 340 g/mol. The molecule has 2 amide bonds. The smallest absolute Gasteiger partial charge is 0.237 e. The van der Waals surface area contributed by atoms with E-state index in [1.807, 2.05) is 42.1 Å². The molecule has 0 spiro atoms. The summed E-state index contributed by atoms with van der Waals surface area (Å²) in [4.78, 5) is 24.6. The van der Waals surface area contributed by atoms with Crippen molar-refractivity contribution in [1.82, 2.24) is 15.4 Å². The first-order valence-corrected chi connectivity index (χ1v) is 9.03. The van der Waals surface area contributed by atoms with E-state index in [0.717, 1.165) is 42.3 Å². The number of fused-ring (bicyclic) bond motifs is 2. The Morgan fingerprint density at radius 1 is 1.28 bits per heavy atom. The van der Waals surface area contributed by atoms with Gasteiger partial charge in [-0.15, -0.1) is 0 Å². The van der Waals surface area contributed by atoms with Gasteiger partial charge < -0.3 is 9.88 Å². The fourth-order valence-corrected chi connectivity index (χ4v) is 4.35. The maximum atomic E-state index is 12.6. The molecule has 0 bridgehead atoms. The normalized spacial score (nSPS) is 26.1. The molecule has 2 heterocycles. The molecule has 2 fully saturated rings. The van der Waals surface area contributed by atoms with Crippen LogP contribution >= 0.6 is 0 Å². The van der Waals surface area contributed by atoms with E-state index in [0.29, 0.717) is 6.42 Å². The van der Waals surface area contributed by atoms with Crippen LogP contribution in [0.5, 0.6) is 0 Å². The Balaban J connectivity index is 1.47. The maximum Gasteiger partial charge on any atom is 0.237 e. The van der Waals surface area contributed by atoms with E-state index in [1.54, 1.807) is 0 Å². The summed E-state index contributed by atoms with van der Waals surface area (Å²) in [6, 6.07) is 7.93. The molecular formula is C19H24N4O2. The molecule has 6 heteroatoms. The van der Waals surface area contributed by atoms with Crippen LogP contribution in [-0.2, 0) is 16.6 Å². The van der Waals surface area contributed by atoms with E-state index < -0.39 is 0 Å². The number of nitrogens with zero attached hydrogens (tertiary/aromatic N) is 1. The zero-order valence-electron chi connectivity index (χ0n) is 14.4. The molecule has 2 aliphatic rings. The summed E-state index contributed by atoms with van der Waals surface area (Å²) in [5.41, 5.74) is 7.75. The molecule has 3 unspecified atom stereocenters. The van der Waals surface area contributed by atoms with Crippen molar-refractivity contribution < 1.29 is 9.59 Å². The average molecular weight is 340 g/mol. The summed E-state index contributed by atoms with van der Waals surface area (Å²) in [5, 5.41) is 4.09. The summed E-state index contributed by atoms with van der Waals surface area (Å²) < 4.78 is 2.04. The molecule has 1 saturated heterocycles. The molecule has 3 atom stereocenters. The molecule has 4 rings (SSSR count). The fourth-order valence-electron chi connectivity index (χ4n) is 4.35. The van der Waals surface area contributed by atoms with E-state index >= 15 is 0 Å². The SMILES string of the molecule is Cn1ccc2c(NC(=O)CC3NNC(=O)C4CCCCC34)cccc21. The summed E-state index contributed by atoms with van der Waals surface area (Å²) in [5.74, 6) is 0.357. The zero-order chi connectivity index (χ0) is 17.4. The third-order valence-electron chi connectivity index (χ3n) is 5.66. The Kier molecular flexibility index (Phi) is 4.21. The van der Waals surface area contributed by atoms with E-state index in [-0.39, 0.29) is 29.7 Å². The number of hydrazine groups is 1. The van der Waals surface area contributed by atoms with Gasteiger partial charge in [0.05, 0.1) is 5.69 Å². The van der Waals surface area contributed by atoms with Gasteiger partial charge in [-0.3, -0.25) is 15.0 Å². The zero-order valence-corrected chi connectivity index (χ0v) is 14.4. The molecule has 132 valence electrons. The second kappa shape index (κ2) is 6.52. The van der Waals surface area contributed by atoms with Crippen LogP contribution in [0.2, 0.25) is 0 Å². The molecule has 1 aromatic carbocycles. The lowest BCUT2D eigenvalue weighted by Crippen LogP contribution is -2.60. The Morgan fingerprint density at radius 2 is 2.12 bits per heavy atom. The highest BCUT2D eigenvalue weighted by molar-refractivity contribution is 6.01. The molecule has 1 aliphatic heterocycles. The quantitative estimate of drug-likeness (QED) is 0.803. The van der Waals surface area contributed by atoms with Crippen LogP contribution in [0.25, 0.3) is 10.9 Å². The summed E-state index contributed by atoms with van der Waals surface area (Å²) >= 11 is 0. The number of hydrogen-bond donors (Lipinski definition) is 3. The highest BCUT2D eigenvalue weighted by Gasteiger charge is 2.40. The van der Waals surface area contributed by atoms with Gasteiger partial charge in [0.15, 0.2) is 0 Å². The van der Waals surface area contributed by atoms with Crippen molar-refractivity contribution in [2.24, 2.45) is 18.9 Å². The number of benzene rings is 1. The van der Waals surface area contributed by atoms with E-state index in [2.05, 4.69) is 16.2 Å². The van der Waals surface area contributed by atoms with Crippen molar-refractivity contribution in [2.75, 3.05) is 5.32 Å². The summed E-state index contributed by atoms with van der Waals surface area (Å²) in [7, 11) is 1.99. The van der Waals surface area contributed by atoms with Crippen molar-refractivity contribution in [3.8, 4) is 0 Å². The number of anilines is 1. The number of carbonyl (C=O) groups excluding carboxylic acids is 2. The van der Waals surface area contributed by atoms with Gasteiger partial charge in [0, 0.05) is 42.5 Å². The number of nitrogens with one attached hydrogen (secondary N) is 3. The van der Waals surface area contributed by atoms with Crippen molar-refractivity contribution in [3.63, 3.8) is 0 Å². The Morgan fingerprint density at radius 3 is 3.00 bits per heavy atom. The van der Waals surface area contributed by atoms with Crippen LogP contribution in [0.1, 0.15) is 32.1 Å². The van der Waals surface area contributed by atoms with Gasteiger partial charge in [-0.2, -0.15) is 0 Å². The van der Waals surface area contributed by atoms with Crippen molar-refractivity contribution in [3.05, 3.63) is 30.5 Å². The van der Waals surface area contributed by atoms with Gasteiger partial charge in [-0.25, -0.2) is 5.43 Å². The second-order valence-corrected chi connectivity index (χ2v) is 7.21. The molecule has 1 aliphatic carbocycles. The highest BCUT2D eigenvalue weighted by Crippen LogP contribution is 2.35. The first kappa shape index (κ1) is 16.1. The lowest BCUT2D eigenvalue weighted by molar-refractivity contribution is -0.134. The van der Waals surface area contributed by atoms with Crippen LogP contribution in [-0.4, -0.2) is 22.4 Å². The van der Waals surface area contributed by atoms with Crippen molar-refractivity contribution in [2.45, 2.75) is 38.1 Å². The highest BCUT2D eigenvalue weighted by atomic mass is 16.2. The minimum absolute atomic E-state index is 0.00187. The van der Waals surface area contributed by atoms with Gasteiger partial charge in [0.1, 0.15) is 0 Å². The third kappa shape index (κ3) is 3.02. The first-order valence-electron chi connectivity index (χ1n) is 9.03. The van der Waals surface area contributed by atoms with E-state index in [1.165, 1.54) is 0 Å². The third-order valence-corrected chi connectivity index (χ3v) is 5.66. The molecule has 0 radical (unpaired) electrons. The van der Waals surface area contributed by atoms with Crippen LogP contribution < -0.4 is 16.2 Å². The van der Waals surface area contributed by atoms with Crippen LogP contribution in [0.15, 0.2) is 30.5 Å². The maximum absolute atomic E-state index is 12.6. The van der Waals surface area contributed by atoms with Gasteiger partial charge in [0.2, 0.25) is 11.8 Å².